The number of thioether (sulfide) groups is 1. The standard InChI is InChI=1S/C13H26N2OS/c1-5-11(10-17-4)15(3)12(16)13(2)8-6-7-9-14-13/h11,14H,5-10H2,1-4H3. The van der Waals surface area contributed by atoms with Gasteiger partial charge in [-0.05, 0) is 45.4 Å². The lowest BCUT2D eigenvalue weighted by atomic mass is 9.89. The van der Waals surface area contributed by atoms with E-state index in [-0.39, 0.29) is 11.4 Å². The second-order valence-electron chi connectivity index (χ2n) is 5.15. The van der Waals surface area contributed by atoms with Crippen LogP contribution in [0.4, 0.5) is 0 Å². The SMILES string of the molecule is CCC(CSC)N(C)C(=O)C1(C)CCCCN1. The van der Waals surface area contributed by atoms with Gasteiger partial charge in [-0.15, -0.1) is 0 Å². The number of nitrogens with zero attached hydrogens (tertiary/aromatic N) is 1. The van der Waals surface area contributed by atoms with Crippen LogP contribution < -0.4 is 5.32 Å². The molecule has 0 aliphatic carbocycles. The van der Waals surface area contributed by atoms with Gasteiger partial charge in [0, 0.05) is 18.8 Å². The molecule has 1 aliphatic heterocycles. The van der Waals surface area contributed by atoms with Gasteiger partial charge in [-0.25, -0.2) is 0 Å². The van der Waals surface area contributed by atoms with Crippen LogP contribution in [0.1, 0.15) is 39.5 Å². The molecule has 0 saturated carbocycles. The molecule has 1 rings (SSSR count). The minimum atomic E-state index is -0.334. The van der Waals surface area contributed by atoms with Crippen molar-refractivity contribution in [1.29, 1.82) is 0 Å². The fourth-order valence-electron chi connectivity index (χ4n) is 2.49. The predicted octanol–water partition coefficient (Wildman–Crippen LogP) is 2.12. The van der Waals surface area contributed by atoms with Crippen LogP contribution in [0.25, 0.3) is 0 Å². The molecule has 0 aromatic carbocycles. The fraction of sp³-hybridized carbons (Fsp3) is 0.923. The lowest BCUT2D eigenvalue weighted by Gasteiger charge is -2.39. The molecule has 100 valence electrons. The van der Waals surface area contributed by atoms with Crippen molar-refractivity contribution in [3.05, 3.63) is 0 Å². The minimum absolute atomic E-state index is 0.262. The third-order valence-corrected chi connectivity index (χ3v) is 4.51. The van der Waals surface area contributed by atoms with Gasteiger partial charge in [0.1, 0.15) is 0 Å². The van der Waals surface area contributed by atoms with Gasteiger partial charge in [-0.3, -0.25) is 4.79 Å². The highest BCUT2D eigenvalue weighted by Crippen LogP contribution is 2.22. The number of carbonyl (C=O) groups is 1. The average Bonchev–Trinajstić information content (AvgIpc) is 2.35. The Bertz CT molecular complexity index is 252. The van der Waals surface area contributed by atoms with Crippen molar-refractivity contribution in [3.8, 4) is 0 Å². The highest BCUT2D eigenvalue weighted by atomic mass is 32.2. The Hall–Kier alpha value is -0.220. The number of carbonyl (C=O) groups excluding carboxylic acids is 1. The number of hydrogen-bond donors (Lipinski definition) is 1. The number of hydrogen-bond acceptors (Lipinski definition) is 3. The summed E-state index contributed by atoms with van der Waals surface area (Å²) in [4.78, 5) is 14.5. The van der Waals surface area contributed by atoms with Crippen molar-refractivity contribution < 1.29 is 4.79 Å². The highest BCUT2D eigenvalue weighted by Gasteiger charge is 2.37. The zero-order chi connectivity index (χ0) is 12.9. The summed E-state index contributed by atoms with van der Waals surface area (Å²) in [5.74, 6) is 1.28. The molecule has 0 aromatic rings. The van der Waals surface area contributed by atoms with Crippen molar-refractivity contribution >= 4 is 17.7 Å². The quantitative estimate of drug-likeness (QED) is 0.820. The van der Waals surface area contributed by atoms with E-state index in [0.29, 0.717) is 6.04 Å². The van der Waals surface area contributed by atoms with Gasteiger partial charge in [0.15, 0.2) is 0 Å². The summed E-state index contributed by atoms with van der Waals surface area (Å²) in [6, 6.07) is 0.359. The maximum absolute atomic E-state index is 12.5. The van der Waals surface area contributed by atoms with Crippen LogP contribution in [-0.2, 0) is 4.79 Å². The summed E-state index contributed by atoms with van der Waals surface area (Å²) < 4.78 is 0. The second kappa shape index (κ2) is 6.64. The zero-order valence-electron chi connectivity index (χ0n) is 11.6. The predicted molar refractivity (Wildman–Crippen MR) is 75.5 cm³/mol. The van der Waals surface area contributed by atoms with E-state index in [1.54, 1.807) is 0 Å². The number of nitrogens with one attached hydrogen (secondary N) is 1. The molecule has 2 atom stereocenters. The molecule has 1 heterocycles. The van der Waals surface area contributed by atoms with Crippen molar-refractivity contribution in [3.63, 3.8) is 0 Å². The van der Waals surface area contributed by atoms with Crippen LogP contribution in [0, 0.1) is 0 Å². The van der Waals surface area contributed by atoms with Gasteiger partial charge in [-0.1, -0.05) is 6.92 Å². The van der Waals surface area contributed by atoms with Gasteiger partial charge in [0.25, 0.3) is 0 Å². The van der Waals surface area contributed by atoms with Crippen molar-refractivity contribution in [1.82, 2.24) is 10.2 Å². The van der Waals surface area contributed by atoms with Crippen LogP contribution in [-0.4, -0.2) is 48.0 Å². The first-order valence-electron chi connectivity index (χ1n) is 6.56. The van der Waals surface area contributed by atoms with Crippen LogP contribution >= 0.6 is 11.8 Å². The molecule has 1 aliphatic rings. The fourth-order valence-corrected chi connectivity index (χ4v) is 3.33. The first-order chi connectivity index (χ1) is 8.05. The second-order valence-corrected chi connectivity index (χ2v) is 6.06. The monoisotopic (exact) mass is 258 g/mol. The first kappa shape index (κ1) is 14.8. The molecule has 2 unspecified atom stereocenters. The molecule has 1 amide bonds. The molecule has 17 heavy (non-hydrogen) atoms. The van der Waals surface area contributed by atoms with E-state index in [1.807, 2.05) is 23.7 Å². The molecular weight excluding hydrogens is 232 g/mol. The van der Waals surface area contributed by atoms with Crippen molar-refractivity contribution in [2.45, 2.75) is 51.1 Å². The van der Waals surface area contributed by atoms with E-state index in [4.69, 9.17) is 0 Å². The van der Waals surface area contributed by atoms with E-state index in [2.05, 4.69) is 25.4 Å². The van der Waals surface area contributed by atoms with Gasteiger partial charge in [0.2, 0.25) is 5.91 Å². The molecular formula is C13H26N2OS. The number of piperidine rings is 1. The van der Waals surface area contributed by atoms with Gasteiger partial charge < -0.3 is 10.2 Å². The summed E-state index contributed by atoms with van der Waals surface area (Å²) >= 11 is 1.81. The number of likely N-dealkylation sites (N-methyl/N-ethyl adjacent to an activating group) is 1. The Morgan fingerprint density at radius 2 is 2.24 bits per heavy atom. The Morgan fingerprint density at radius 3 is 2.71 bits per heavy atom. The van der Waals surface area contributed by atoms with Gasteiger partial charge in [0.05, 0.1) is 5.54 Å². The van der Waals surface area contributed by atoms with E-state index >= 15 is 0 Å². The normalized spacial score (nSPS) is 26.6. The van der Waals surface area contributed by atoms with Crippen molar-refractivity contribution in [2.75, 3.05) is 25.6 Å². The van der Waals surface area contributed by atoms with E-state index in [9.17, 15) is 4.79 Å². The maximum atomic E-state index is 12.5. The van der Waals surface area contributed by atoms with Gasteiger partial charge in [-0.2, -0.15) is 11.8 Å². The number of amides is 1. The molecule has 3 nitrogen and oxygen atoms in total. The topological polar surface area (TPSA) is 32.3 Å². The lowest BCUT2D eigenvalue weighted by molar-refractivity contribution is -0.139. The van der Waals surface area contributed by atoms with Crippen molar-refractivity contribution in [2.24, 2.45) is 0 Å². The third kappa shape index (κ3) is 3.62. The molecule has 0 spiro atoms. The summed E-state index contributed by atoms with van der Waals surface area (Å²) in [6.07, 6.45) is 6.43. The Balaban J connectivity index is 2.66. The zero-order valence-corrected chi connectivity index (χ0v) is 12.4. The summed E-state index contributed by atoms with van der Waals surface area (Å²) in [7, 11) is 1.95. The average molecular weight is 258 g/mol. The molecule has 1 saturated heterocycles. The van der Waals surface area contributed by atoms with E-state index in [1.165, 1.54) is 6.42 Å². The molecule has 4 heteroatoms. The Kier molecular flexibility index (Phi) is 5.80. The lowest BCUT2D eigenvalue weighted by Crippen LogP contribution is -2.59. The first-order valence-corrected chi connectivity index (χ1v) is 7.95. The Labute approximate surface area is 110 Å². The van der Waals surface area contributed by atoms with Crippen LogP contribution in [0.15, 0.2) is 0 Å². The highest BCUT2D eigenvalue weighted by molar-refractivity contribution is 7.98. The van der Waals surface area contributed by atoms with E-state index in [0.717, 1.165) is 31.6 Å². The molecule has 0 aromatic heterocycles. The third-order valence-electron chi connectivity index (χ3n) is 3.79. The van der Waals surface area contributed by atoms with Crippen LogP contribution in [0.2, 0.25) is 0 Å². The Morgan fingerprint density at radius 1 is 1.53 bits per heavy atom. The molecule has 0 radical (unpaired) electrons. The molecule has 1 fully saturated rings. The van der Waals surface area contributed by atoms with Crippen LogP contribution in [0.3, 0.4) is 0 Å². The van der Waals surface area contributed by atoms with Crippen LogP contribution in [0.5, 0.6) is 0 Å². The molecule has 1 N–H and O–H groups in total. The van der Waals surface area contributed by atoms with Gasteiger partial charge >= 0.3 is 0 Å². The summed E-state index contributed by atoms with van der Waals surface area (Å²) in [5.41, 5.74) is -0.334. The van der Waals surface area contributed by atoms with E-state index < -0.39 is 0 Å². The summed E-state index contributed by atoms with van der Waals surface area (Å²) in [5, 5.41) is 3.40. The number of rotatable bonds is 5. The minimum Gasteiger partial charge on any atom is -0.340 e. The largest absolute Gasteiger partial charge is 0.340 e. The smallest absolute Gasteiger partial charge is 0.242 e. The maximum Gasteiger partial charge on any atom is 0.242 e. The summed E-state index contributed by atoms with van der Waals surface area (Å²) in [6.45, 7) is 5.17. The molecule has 0 bridgehead atoms.